The quantitative estimate of drug-likeness (QED) is 0.340. The van der Waals surface area contributed by atoms with Crippen molar-refractivity contribution < 1.29 is 14.0 Å². The van der Waals surface area contributed by atoms with Gasteiger partial charge in [0.1, 0.15) is 12.1 Å². The predicted molar refractivity (Wildman–Crippen MR) is 123 cm³/mol. The van der Waals surface area contributed by atoms with Gasteiger partial charge in [-0.3, -0.25) is 0 Å². The average Bonchev–Trinajstić information content (AvgIpc) is 3.21. The molecule has 2 heterocycles. The number of rotatable bonds is 8. The molecule has 0 aliphatic carbocycles. The molecule has 0 atom stereocenters. The first-order valence-electron chi connectivity index (χ1n) is 9.92. The number of nitrogens with one attached hydrogen (secondary N) is 1. The van der Waals surface area contributed by atoms with Crippen LogP contribution in [0.3, 0.4) is 0 Å². The van der Waals surface area contributed by atoms with Crippen LogP contribution in [-0.4, -0.2) is 27.2 Å². The van der Waals surface area contributed by atoms with Gasteiger partial charge >= 0.3 is 0 Å². The Kier molecular flexibility index (Phi) is 6.62. The highest BCUT2D eigenvalue weighted by Gasteiger charge is 2.14. The zero-order valence-electron chi connectivity index (χ0n) is 17.7. The lowest BCUT2D eigenvalue weighted by Crippen LogP contribution is -2.02. The molecule has 0 fully saturated rings. The van der Waals surface area contributed by atoms with Gasteiger partial charge in [-0.2, -0.15) is 4.98 Å². The molecule has 4 aromatic rings. The van der Waals surface area contributed by atoms with Gasteiger partial charge in [-0.05, 0) is 30.2 Å². The van der Waals surface area contributed by atoms with E-state index in [4.69, 9.17) is 37.2 Å². The SMILES string of the molecule is COc1cc2c(Nc3ccc(Cl)c(Cl)c3)ncnc2cc1OCc1noc(CC(C)C)n1. The van der Waals surface area contributed by atoms with Gasteiger partial charge in [-0.25, -0.2) is 9.97 Å². The van der Waals surface area contributed by atoms with E-state index in [1.807, 2.05) is 12.1 Å². The van der Waals surface area contributed by atoms with E-state index < -0.39 is 0 Å². The zero-order chi connectivity index (χ0) is 22.7. The van der Waals surface area contributed by atoms with Gasteiger partial charge in [0.2, 0.25) is 11.7 Å². The molecule has 4 rings (SSSR count). The Hall–Kier alpha value is -3.10. The molecule has 0 unspecified atom stereocenters. The molecule has 166 valence electrons. The molecule has 1 N–H and O–H groups in total. The Bertz CT molecular complexity index is 1250. The smallest absolute Gasteiger partial charge is 0.227 e. The van der Waals surface area contributed by atoms with Crippen LogP contribution in [0.25, 0.3) is 10.9 Å². The monoisotopic (exact) mass is 473 g/mol. The van der Waals surface area contributed by atoms with E-state index in [1.54, 1.807) is 25.3 Å². The van der Waals surface area contributed by atoms with Crippen molar-refractivity contribution in [1.82, 2.24) is 20.1 Å². The summed E-state index contributed by atoms with van der Waals surface area (Å²) in [7, 11) is 1.57. The van der Waals surface area contributed by atoms with Crippen LogP contribution in [-0.2, 0) is 13.0 Å². The highest BCUT2D eigenvalue weighted by Crippen LogP contribution is 2.35. The Balaban J connectivity index is 1.58. The van der Waals surface area contributed by atoms with Crippen molar-refractivity contribution in [2.24, 2.45) is 5.92 Å². The van der Waals surface area contributed by atoms with E-state index in [0.29, 0.717) is 50.5 Å². The van der Waals surface area contributed by atoms with Crippen molar-refractivity contribution in [3.05, 3.63) is 58.4 Å². The van der Waals surface area contributed by atoms with Crippen LogP contribution in [0.1, 0.15) is 25.6 Å². The fourth-order valence-corrected chi connectivity index (χ4v) is 3.37. The maximum Gasteiger partial charge on any atom is 0.227 e. The second-order valence-electron chi connectivity index (χ2n) is 7.49. The number of hydrogen-bond acceptors (Lipinski definition) is 8. The van der Waals surface area contributed by atoms with Gasteiger partial charge in [-0.15, -0.1) is 0 Å². The summed E-state index contributed by atoms with van der Waals surface area (Å²) in [5, 5.41) is 8.88. The van der Waals surface area contributed by atoms with Crippen LogP contribution in [0, 0.1) is 5.92 Å². The summed E-state index contributed by atoms with van der Waals surface area (Å²) in [4.78, 5) is 13.1. The molecule has 0 saturated heterocycles. The van der Waals surface area contributed by atoms with Gasteiger partial charge in [-0.1, -0.05) is 42.2 Å². The summed E-state index contributed by atoms with van der Waals surface area (Å²) in [5.41, 5.74) is 1.42. The lowest BCUT2D eigenvalue weighted by Gasteiger charge is -2.13. The number of methoxy groups -OCH3 is 1. The molecule has 0 aliphatic rings. The molecule has 0 spiro atoms. The largest absolute Gasteiger partial charge is 0.493 e. The molecule has 32 heavy (non-hydrogen) atoms. The number of halogens is 2. The third kappa shape index (κ3) is 5.03. The van der Waals surface area contributed by atoms with Gasteiger partial charge < -0.3 is 19.3 Å². The summed E-state index contributed by atoms with van der Waals surface area (Å²) in [6, 6.07) is 8.85. The molecule has 0 aliphatic heterocycles. The molecular formula is C22H21Cl2N5O3. The molecule has 0 amide bonds. The van der Waals surface area contributed by atoms with E-state index >= 15 is 0 Å². The van der Waals surface area contributed by atoms with Crippen molar-refractivity contribution in [1.29, 1.82) is 0 Å². The molecular weight excluding hydrogens is 453 g/mol. The first kappa shape index (κ1) is 22.1. The van der Waals surface area contributed by atoms with Crippen LogP contribution >= 0.6 is 23.2 Å². The second kappa shape index (κ2) is 9.58. The fraction of sp³-hybridized carbons (Fsp3) is 0.273. The fourth-order valence-electron chi connectivity index (χ4n) is 3.07. The molecule has 2 aromatic carbocycles. The summed E-state index contributed by atoms with van der Waals surface area (Å²) in [6.45, 7) is 4.32. The van der Waals surface area contributed by atoms with E-state index in [1.165, 1.54) is 6.33 Å². The maximum absolute atomic E-state index is 6.12. The first-order chi connectivity index (χ1) is 15.4. The molecule has 0 saturated carbocycles. The lowest BCUT2D eigenvalue weighted by atomic mass is 10.1. The van der Waals surface area contributed by atoms with Crippen molar-refractivity contribution in [3.63, 3.8) is 0 Å². The Morgan fingerprint density at radius 1 is 1.06 bits per heavy atom. The zero-order valence-corrected chi connectivity index (χ0v) is 19.2. The second-order valence-corrected chi connectivity index (χ2v) is 8.30. The van der Waals surface area contributed by atoms with E-state index in [0.717, 1.165) is 17.5 Å². The Morgan fingerprint density at radius 2 is 1.91 bits per heavy atom. The van der Waals surface area contributed by atoms with Crippen LogP contribution < -0.4 is 14.8 Å². The minimum atomic E-state index is 0.142. The van der Waals surface area contributed by atoms with Gasteiger partial charge in [0.25, 0.3) is 0 Å². The number of aromatic nitrogens is 4. The number of benzene rings is 2. The number of hydrogen-bond donors (Lipinski definition) is 1. The van der Waals surface area contributed by atoms with Gasteiger partial charge in [0.15, 0.2) is 18.1 Å². The highest BCUT2D eigenvalue weighted by molar-refractivity contribution is 6.42. The standard InChI is InChI=1S/C22H21Cl2N5O3/c1-12(2)6-21-28-20(29-32-21)10-31-19-9-17-14(8-18(19)30-3)22(26-11-25-17)27-13-4-5-15(23)16(24)7-13/h4-5,7-9,11-12H,6,10H2,1-3H3,(H,25,26,27). The average molecular weight is 474 g/mol. The number of ether oxygens (including phenoxy) is 2. The summed E-state index contributed by atoms with van der Waals surface area (Å²) in [5.74, 6) is 3.11. The third-order valence-corrected chi connectivity index (χ3v) is 5.29. The third-order valence-electron chi connectivity index (χ3n) is 4.55. The Labute approximate surface area is 194 Å². The molecule has 10 heteroatoms. The van der Waals surface area contributed by atoms with E-state index in [-0.39, 0.29) is 6.61 Å². The minimum Gasteiger partial charge on any atom is -0.493 e. The van der Waals surface area contributed by atoms with Crippen molar-refractivity contribution in [2.75, 3.05) is 12.4 Å². The van der Waals surface area contributed by atoms with Crippen molar-refractivity contribution in [2.45, 2.75) is 26.9 Å². The van der Waals surface area contributed by atoms with Gasteiger partial charge in [0.05, 0.1) is 22.7 Å². The molecule has 0 radical (unpaired) electrons. The van der Waals surface area contributed by atoms with E-state index in [2.05, 4.69) is 39.3 Å². The molecule has 2 aromatic heterocycles. The topological polar surface area (TPSA) is 95.2 Å². The summed E-state index contributed by atoms with van der Waals surface area (Å²) >= 11 is 12.1. The molecule has 0 bridgehead atoms. The summed E-state index contributed by atoms with van der Waals surface area (Å²) < 4.78 is 16.7. The number of fused-ring (bicyclic) bond motifs is 1. The van der Waals surface area contributed by atoms with Gasteiger partial charge in [0, 0.05) is 23.6 Å². The maximum atomic E-state index is 6.12. The summed E-state index contributed by atoms with van der Waals surface area (Å²) in [6.07, 6.45) is 2.19. The van der Waals surface area contributed by atoms with Crippen LogP contribution in [0.2, 0.25) is 10.0 Å². The number of nitrogens with zero attached hydrogens (tertiary/aromatic N) is 4. The normalized spacial score (nSPS) is 11.2. The predicted octanol–water partition coefficient (Wildman–Crippen LogP) is 5.85. The first-order valence-corrected chi connectivity index (χ1v) is 10.7. The Morgan fingerprint density at radius 3 is 2.66 bits per heavy atom. The van der Waals surface area contributed by atoms with Crippen LogP contribution in [0.4, 0.5) is 11.5 Å². The van der Waals surface area contributed by atoms with Crippen LogP contribution in [0.15, 0.2) is 41.2 Å². The minimum absolute atomic E-state index is 0.142. The lowest BCUT2D eigenvalue weighted by molar-refractivity contribution is 0.269. The molecule has 8 nitrogen and oxygen atoms in total. The van der Waals surface area contributed by atoms with E-state index in [9.17, 15) is 0 Å². The van der Waals surface area contributed by atoms with Crippen molar-refractivity contribution in [3.8, 4) is 11.5 Å². The van der Waals surface area contributed by atoms with Crippen molar-refractivity contribution >= 4 is 45.6 Å². The highest BCUT2D eigenvalue weighted by atomic mass is 35.5. The number of anilines is 2. The van der Waals surface area contributed by atoms with Crippen LogP contribution in [0.5, 0.6) is 11.5 Å².